The van der Waals surface area contributed by atoms with Crippen molar-refractivity contribution in [3.8, 4) is 0 Å². The van der Waals surface area contributed by atoms with Crippen molar-refractivity contribution in [2.24, 2.45) is 0 Å². The number of benzene rings is 1. The molecule has 0 bridgehead atoms. The molecule has 1 aromatic carbocycles. The Morgan fingerprint density at radius 3 is 2.36 bits per heavy atom. The fourth-order valence-electron chi connectivity index (χ4n) is 2.99. The van der Waals surface area contributed by atoms with E-state index in [1.807, 2.05) is 11.0 Å². The molecule has 2 rings (SSSR count). The summed E-state index contributed by atoms with van der Waals surface area (Å²) in [5.41, 5.74) is 2.36. The van der Waals surface area contributed by atoms with Gasteiger partial charge < -0.3 is 4.90 Å². The molecule has 1 nitrogen and oxygen atoms in total. The average Bonchev–Trinajstić information content (AvgIpc) is 2.45. The molecule has 1 saturated heterocycles. The van der Waals surface area contributed by atoms with Gasteiger partial charge in [-0.25, -0.2) is 0 Å². The summed E-state index contributed by atoms with van der Waals surface area (Å²) in [5.74, 6) is 0.798. The van der Waals surface area contributed by atoms with Crippen LogP contribution in [-0.2, 0) is 0 Å². The smallest absolute Gasteiger partial charge is 0.303 e. The lowest BCUT2D eigenvalue weighted by Crippen LogP contribution is -2.35. The summed E-state index contributed by atoms with van der Waals surface area (Å²) in [6.45, 7) is 5.79. The van der Waals surface area contributed by atoms with Crippen LogP contribution in [0.25, 0.3) is 0 Å². The maximum atomic E-state index is 12.3. The predicted molar refractivity (Wildman–Crippen MR) is 84.6 cm³/mol. The van der Waals surface area contributed by atoms with Crippen LogP contribution in [0.15, 0.2) is 18.2 Å². The van der Waals surface area contributed by atoms with E-state index in [4.69, 9.17) is 11.6 Å². The number of nitrogens with zero attached hydrogens (tertiary/aromatic N) is 1. The molecule has 5 heteroatoms. The normalized spacial score (nSPS) is 18.1. The lowest BCUT2D eigenvalue weighted by atomic mass is 9.88. The summed E-state index contributed by atoms with van der Waals surface area (Å²) in [7, 11) is 0. The third-order valence-electron chi connectivity index (χ3n) is 4.43. The van der Waals surface area contributed by atoms with Crippen molar-refractivity contribution >= 4 is 11.6 Å². The van der Waals surface area contributed by atoms with Crippen molar-refractivity contribution in [2.45, 2.75) is 51.1 Å². The second-order valence-electron chi connectivity index (χ2n) is 6.42. The molecule has 1 heterocycles. The van der Waals surface area contributed by atoms with E-state index in [0.717, 1.165) is 23.4 Å². The van der Waals surface area contributed by atoms with E-state index in [1.54, 1.807) is 0 Å². The molecule has 1 aliphatic heterocycles. The predicted octanol–water partition coefficient (Wildman–Crippen LogP) is 5.60. The molecule has 0 aliphatic carbocycles. The molecule has 0 radical (unpaired) electrons. The number of rotatable bonds is 4. The fraction of sp³-hybridized carbons (Fsp3) is 0.647. The second-order valence-corrected chi connectivity index (χ2v) is 6.82. The van der Waals surface area contributed by atoms with E-state index in [0.29, 0.717) is 24.9 Å². The Morgan fingerprint density at radius 2 is 1.86 bits per heavy atom. The lowest BCUT2D eigenvalue weighted by molar-refractivity contribution is -0.138. The van der Waals surface area contributed by atoms with Gasteiger partial charge in [0.25, 0.3) is 0 Å². The van der Waals surface area contributed by atoms with E-state index in [2.05, 4.69) is 26.0 Å². The van der Waals surface area contributed by atoms with Gasteiger partial charge in [-0.05, 0) is 55.0 Å². The van der Waals surface area contributed by atoms with Gasteiger partial charge in [0, 0.05) is 11.6 Å². The van der Waals surface area contributed by atoms with Crippen molar-refractivity contribution in [1.29, 1.82) is 0 Å². The van der Waals surface area contributed by atoms with Crippen LogP contribution in [0.5, 0.6) is 0 Å². The highest BCUT2D eigenvalue weighted by molar-refractivity contribution is 6.31. The highest BCUT2D eigenvalue weighted by Crippen LogP contribution is 2.34. The van der Waals surface area contributed by atoms with Crippen molar-refractivity contribution in [3.63, 3.8) is 0 Å². The molecular weight excluding hydrogens is 311 g/mol. The molecule has 0 aromatic heterocycles. The molecule has 0 N–H and O–H groups in total. The van der Waals surface area contributed by atoms with E-state index in [-0.39, 0.29) is 6.54 Å². The van der Waals surface area contributed by atoms with Gasteiger partial charge in [0.2, 0.25) is 0 Å². The molecule has 0 unspecified atom stereocenters. The first-order valence-electron chi connectivity index (χ1n) is 7.84. The van der Waals surface area contributed by atoms with Crippen LogP contribution in [0.1, 0.15) is 56.1 Å². The SMILES string of the molecule is CC(C)c1ccc(C2CCN(CCC(F)(F)F)CC2)c(Cl)c1. The van der Waals surface area contributed by atoms with Gasteiger partial charge in [0.15, 0.2) is 0 Å². The third-order valence-corrected chi connectivity index (χ3v) is 4.76. The molecule has 124 valence electrons. The van der Waals surface area contributed by atoms with Gasteiger partial charge in [-0.3, -0.25) is 0 Å². The second kappa shape index (κ2) is 7.22. The Bertz CT molecular complexity index is 491. The topological polar surface area (TPSA) is 3.24 Å². The van der Waals surface area contributed by atoms with Gasteiger partial charge >= 0.3 is 6.18 Å². The summed E-state index contributed by atoms with van der Waals surface area (Å²) >= 11 is 6.40. The van der Waals surface area contributed by atoms with Crippen LogP contribution in [0.4, 0.5) is 13.2 Å². The molecule has 0 saturated carbocycles. The fourth-order valence-corrected chi connectivity index (χ4v) is 3.33. The number of piperidine rings is 1. The van der Waals surface area contributed by atoms with Gasteiger partial charge in [0.1, 0.15) is 0 Å². The summed E-state index contributed by atoms with van der Waals surface area (Å²) in [6.07, 6.45) is -3.04. The van der Waals surface area contributed by atoms with Crippen molar-refractivity contribution < 1.29 is 13.2 Å². The quantitative estimate of drug-likeness (QED) is 0.693. The van der Waals surface area contributed by atoms with Crippen LogP contribution >= 0.6 is 11.6 Å². The Hall–Kier alpha value is -0.740. The van der Waals surface area contributed by atoms with E-state index in [1.165, 1.54) is 5.56 Å². The summed E-state index contributed by atoms with van der Waals surface area (Å²) in [5, 5.41) is 0.792. The number of hydrogen-bond acceptors (Lipinski definition) is 1. The van der Waals surface area contributed by atoms with E-state index in [9.17, 15) is 13.2 Å². The number of alkyl halides is 3. The molecule has 0 spiro atoms. The minimum absolute atomic E-state index is 0.107. The average molecular weight is 334 g/mol. The Balaban J connectivity index is 1.92. The van der Waals surface area contributed by atoms with Crippen LogP contribution in [0, 0.1) is 0 Å². The third kappa shape index (κ3) is 4.88. The monoisotopic (exact) mass is 333 g/mol. The van der Waals surface area contributed by atoms with Crippen molar-refractivity contribution in [3.05, 3.63) is 34.3 Å². The molecule has 0 amide bonds. The molecule has 1 aliphatic rings. The first-order chi connectivity index (χ1) is 10.3. The maximum absolute atomic E-state index is 12.3. The summed E-state index contributed by atoms with van der Waals surface area (Å²) in [6, 6.07) is 6.23. The van der Waals surface area contributed by atoms with Crippen LogP contribution in [0.3, 0.4) is 0 Å². The van der Waals surface area contributed by atoms with Gasteiger partial charge in [-0.1, -0.05) is 37.6 Å². The lowest BCUT2D eigenvalue weighted by Gasteiger charge is -2.32. The minimum atomic E-state index is -4.06. The van der Waals surface area contributed by atoms with Crippen molar-refractivity contribution in [2.75, 3.05) is 19.6 Å². The first-order valence-corrected chi connectivity index (χ1v) is 8.22. The van der Waals surface area contributed by atoms with Gasteiger partial charge in [-0.2, -0.15) is 13.2 Å². The first kappa shape index (κ1) is 17.6. The van der Waals surface area contributed by atoms with Crippen LogP contribution < -0.4 is 0 Å². The zero-order chi connectivity index (χ0) is 16.3. The Morgan fingerprint density at radius 1 is 1.23 bits per heavy atom. The highest BCUT2D eigenvalue weighted by atomic mass is 35.5. The zero-order valence-electron chi connectivity index (χ0n) is 13.1. The zero-order valence-corrected chi connectivity index (χ0v) is 13.8. The van der Waals surface area contributed by atoms with Crippen molar-refractivity contribution in [1.82, 2.24) is 4.90 Å². The molecule has 1 fully saturated rings. The van der Waals surface area contributed by atoms with E-state index >= 15 is 0 Å². The molecular formula is C17H23ClF3N. The van der Waals surface area contributed by atoms with E-state index < -0.39 is 12.6 Å². The van der Waals surface area contributed by atoms with Crippen LogP contribution in [-0.4, -0.2) is 30.7 Å². The molecule has 0 atom stereocenters. The largest absolute Gasteiger partial charge is 0.390 e. The highest BCUT2D eigenvalue weighted by Gasteiger charge is 2.29. The standard InChI is InChI=1S/C17H23ClF3N/c1-12(2)14-3-4-15(16(18)11-14)13-5-8-22(9-6-13)10-7-17(19,20)21/h3-4,11-13H,5-10H2,1-2H3. The number of hydrogen-bond donors (Lipinski definition) is 0. The molecule has 1 aromatic rings. The summed E-state index contributed by atoms with van der Waals surface area (Å²) in [4.78, 5) is 1.90. The number of halogens is 4. The Kier molecular flexibility index (Phi) is 5.78. The van der Waals surface area contributed by atoms with Crippen LogP contribution in [0.2, 0.25) is 5.02 Å². The Labute approximate surface area is 135 Å². The van der Waals surface area contributed by atoms with Gasteiger partial charge in [-0.15, -0.1) is 0 Å². The summed E-state index contributed by atoms with van der Waals surface area (Å²) < 4.78 is 36.8. The minimum Gasteiger partial charge on any atom is -0.303 e. The number of likely N-dealkylation sites (tertiary alicyclic amines) is 1. The van der Waals surface area contributed by atoms with Gasteiger partial charge in [0.05, 0.1) is 6.42 Å². The maximum Gasteiger partial charge on any atom is 0.390 e. The molecule has 22 heavy (non-hydrogen) atoms.